The van der Waals surface area contributed by atoms with Crippen LogP contribution in [-0.4, -0.2) is 31.6 Å². The fourth-order valence-corrected chi connectivity index (χ4v) is 6.41. The van der Waals surface area contributed by atoms with Gasteiger partial charge in [0.25, 0.3) is 0 Å². The maximum atomic E-state index is 13.8. The number of rotatable bonds is 6. The fraction of sp³-hybridized carbons (Fsp3) is 0.143. The Morgan fingerprint density at radius 3 is 1.90 bits per heavy atom. The van der Waals surface area contributed by atoms with E-state index < -0.39 is 5.54 Å². The summed E-state index contributed by atoms with van der Waals surface area (Å²) in [4.78, 5) is 20.6. The molecule has 5 nitrogen and oxygen atoms in total. The van der Waals surface area contributed by atoms with Crippen molar-refractivity contribution in [2.45, 2.75) is 25.4 Å². The lowest BCUT2D eigenvalue weighted by Crippen LogP contribution is -2.41. The van der Waals surface area contributed by atoms with Gasteiger partial charge in [0, 0.05) is 30.2 Å². The highest BCUT2D eigenvalue weighted by Gasteiger charge is 2.38. The minimum Gasteiger partial charge on any atom is -0.319 e. The van der Waals surface area contributed by atoms with Gasteiger partial charge >= 0.3 is 6.03 Å². The SMILES string of the molecule is Cc1c2n(c3ccccc13)C(=O)N(Cc1cn(C(c3ccccc3)(c3ccccc3)c3ccccc3)cn1)CC2. The van der Waals surface area contributed by atoms with E-state index in [0.717, 1.165) is 45.4 Å². The molecule has 1 aliphatic heterocycles. The van der Waals surface area contributed by atoms with Gasteiger partial charge in [-0.2, -0.15) is 0 Å². The molecular formula is C35H30N4O. The number of carbonyl (C=O) groups excluding carboxylic acids is 1. The number of amides is 1. The first-order valence-corrected chi connectivity index (χ1v) is 13.8. The summed E-state index contributed by atoms with van der Waals surface area (Å²) in [6.07, 6.45) is 4.85. The molecule has 0 atom stereocenters. The van der Waals surface area contributed by atoms with Crippen LogP contribution in [0.3, 0.4) is 0 Å². The molecule has 1 aliphatic rings. The van der Waals surface area contributed by atoms with Crippen LogP contribution in [0.5, 0.6) is 0 Å². The lowest BCUT2D eigenvalue weighted by Gasteiger charge is -2.37. The highest BCUT2D eigenvalue weighted by atomic mass is 16.2. The number of nitrogens with zero attached hydrogens (tertiary/aromatic N) is 4. The van der Waals surface area contributed by atoms with Crippen LogP contribution in [0.25, 0.3) is 10.9 Å². The first-order valence-electron chi connectivity index (χ1n) is 13.8. The topological polar surface area (TPSA) is 43.1 Å². The fourth-order valence-electron chi connectivity index (χ4n) is 6.41. The Labute approximate surface area is 234 Å². The minimum absolute atomic E-state index is 0.0144. The maximum Gasteiger partial charge on any atom is 0.329 e. The van der Waals surface area contributed by atoms with Crippen LogP contribution in [0.4, 0.5) is 4.79 Å². The third-order valence-electron chi connectivity index (χ3n) is 8.28. The molecule has 0 saturated carbocycles. The zero-order valence-electron chi connectivity index (χ0n) is 22.4. The largest absolute Gasteiger partial charge is 0.329 e. The van der Waals surface area contributed by atoms with Crippen molar-refractivity contribution in [2.24, 2.45) is 0 Å². The molecule has 0 aliphatic carbocycles. The van der Waals surface area contributed by atoms with Crippen molar-refractivity contribution in [3.05, 3.63) is 161 Å². The molecule has 0 unspecified atom stereocenters. The van der Waals surface area contributed by atoms with Crippen LogP contribution in [0, 0.1) is 6.92 Å². The predicted octanol–water partition coefficient (Wildman–Crippen LogP) is 7.01. The quantitative estimate of drug-likeness (QED) is 0.221. The molecule has 0 saturated heterocycles. The van der Waals surface area contributed by atoms with Gasteiger partial charge in [-0.3, -0.25) is 4.57 Å². The van der Waals surface area contributed by atoms with Gasteiger partial charge in [0.05, 0.1) is 24.1 Å². The molecule has 0 radical (unpaired) electrons. The Morgan fingerprint density at radius 2 is 1.30 bits per heavy atom. The van der Waals surface area contributed by atoms with E-state index >= 15 is 0 Å². The van der Waals surface area contributed by atoms with Crippen molar-refractivity contribution >= 4 is 16.9 Å². The monoisotopic (exact) mass is 522 g/mol. The lowest BCUT2D eigenvalue weighted by molar-refractivity contribution is 0.190. The first kappa shape index (κ1) is 24.2. The van der Waals surface area contributed by atoms with E-state index in [1.165, 1.54) is 5.56 Å². The van der Waals surface area contributed by atoms with Crippen LogP contribution in [0.1, 0.15) is 33.6 Å². The second kappa shape index (κ2) is 9.69. The molecule has 3 heterocycles. The molecule has 7 rings (SSSR count). The van der Waals surface area contributed by atoms with E-state index in [2.05, 4.69) is 96.6 Å². The summed E-state index contributed by atoms with van der Waals surface area (Å²) in [6.45, 7) is 3.24. The molecule has 0 fully saturated rings. The number of hydrogen-bond acceptors (Lipinski definition) is 2. The molecule has 0 bridgehead atoms. The summed E-state index contributed by atoms with van der Waals surface area (Å²) >= 11 is 0. The van der Waals surface area contributed by atoms with Crippen LogP contribution < -0.4 is 0 Å². The van der Waals surface area contributed by atoms with Crippen molar-refractivity contribution < 1.29 is 4.79 Å². The second-order valence-electron chi connectivity index (χ2n) is 10.5. The molecule has 6 aromatic rings. The molecule has 0 N–H and O–H groups in total. The van der Waals surface area contributed by atoms with E-state index in [9.17, 15) is 4.79 Å². The summed E-state index contributed by atoms with van der Waals surface area (Å²) in [7, 11) is 0. The Morgan fingerprint density at radius 1 is 0.750 bits per heavy atom. The van der Waals surface area contributed by atoms with E-state index in [1.807, 2.05) is 52.2 Å². The van der Waals surface area contributed by atoms with Crippen LogP contribution >= 0.6 is 0 Å². The summed E-state index contributed by atoms with van der Waals surface area (Å²) in [5.74, 6) is 0. The highest BCUT2D eigenvalue weighted by molar-refractivity contribution is 5.96. The Hall–Kier alpha value is -4.90. The molecule has 196 valence electrons. The predicted molar refractivity (Wildman–Crippen MR) is 158 cm³/mol. The van der Waals surface area contributed by atoms with E-state index in [4.69, 9.17) is 4.98 Å². The molecule has 0 spiro atoms. The second-order valence-corrected chi connectivity index (χ2v) is 10.5. The Kier molecular flexibility index (Phi) is 5.85. The number of carbonyl (C=O) groups is 1. The Bertz CT molecular complexity index is 1710. The van der Waals surface area contributed by atoms with Crippen molar-refractivity contribution in [3.63, 3.8) is 0 Å². The number of imidazole rings is 1. The van der Waals surface area contributed by atoms with E-state index in [0.29, 0.717) is 13.1 Å². The zero-order valence-corrected chi connectivity index (χ0v) is 22.4. The van der Waals surface area contributed by atoms with Gasteiger partial charge in [0.2, 0.25) is 0 Å². The molecule has 1 amide bonds. The van der Waals surface area contributed by atoms with Gasteiger partial charge in [-0.1, -0.05) is 109 Å². The third-order valence-corrected chi connectivity index (χ3v) is 8.28. The average Bonchev–Trinajstić information content (AvgIpc) is 3.60. The van der Waals surface area contributed by atoms with Gasteiger partial charge < -0.3 is 9.47 Å². The van der Waals surface area contributed by atoms with Gasteiger partial charge in [-0.25, -0.2) is 9.78 Å². The van der Waals surface area contributed by atoms with Crippen molar-refractivity contribution in [1.29, 1.82) is 0 Å². The van der Waals surface area contributed by atoms with Crippen molar-refractivity contribution in [1.82, 2.24) is 19.0 Å². The molecule has 2 aromatic heterocycles. The van der Waals surface area contributed by atoms with Crippen LogP contribution in [0.15, 0.2) is 128 Å². The van der Waals surface area contributed by atoms with Gasteiger partial charge in [0.1, 0.15) is 5.54 Å². The van der Waals surface area contributed by atoms with Crippen LogP contribution in [0.2, 0.25) is 0 Å². The van der Waals surface area contributed by atoms with Gasteiger partial charge in [-0.05, 0) is 35.2 Å². The van der Waals surface area contributed by atoms with E-state index in [1.54, 1.807) is 0 Å². The number of fused-ring (bicyclic) bond motifs is 3. The average molecular weight is 523 g/mol. The standard InChI is InChI=1S/C35H30N4O/c1-26-31-19-11-12-20-33(31)39-32(26)21-22-37(34(39)40)23-30-24-38(25-36-30)35(27-13-5-2-6-14-27,28-15-7-3-8-16-28)29-17-9-4-10-18-29/h2-20,24-25H,21-23H2,1H3. The summed E-state index contributed by atoms with van der Waals surface area (Å²) < 4.78 is 4.10. The maximum absolute atomic E-state index is 13.8. The molecular weight excluding hydrogens is 492 g/mol. The Balaban J connectivity index is 1.31. The summed E-state index contributed by atoms with van der Waals surface area (Å²) in [5, 5.41) is 1.15. The number of benzene rings is 4. The highest BCUT2D eigenvalue weighted by Crippen LogP contribution is 2.41. The minimum atomic E-state index is -0.623. The number of aromatic nitrogens is 3. The van der Waals surface area contributed by atoms with Gasteiger partial charge in [-0.15, -0.1) is 0 Å². The van der Waals surface area contributed by atoms with Gasteiger partial charge in [0.15, 0.2) is 0 Å². The third kappa shape index (κ3) is 3.69. The van der Waals surface area contributed by atoms with Crippen molar-refractivity contribution in [3.8, 4) is 0 Å². The normalized spacial score (nSPS) is 13.5. The number of hydrogen-bond donors (Lipinski definition) is 0. The zero-order chi connectivity index (χ0) is 27.1. The lowest BCUT2D eigenvalue weighted by atomic mass is 9.77. The molecule has 4 aromatic carbocycles. The van der Waals surface area contributed by atoms with Crippen LogP contribution in [-0.2, 0) is 18.5 Å². The smallest absolute Gasteiger partial charge is 0.319 e. The summed E-state index contributed by atoms with van der Waals surface area (Å²) in [6, 6.07) is 39.9. The van der Waals surface area contributed by atoms with E-state index in [-0.39, 0.29) is 6.03 Å². The summed E-state index contributed by atoms with van der Waals surface area (Å²) in [5.41, 5.74) is 6.96. The molecule has 5 heteroatoms. The number of aryl methyl sites for hydroxylation is 1. The van der Waals surface area contributed by atoms with Crippen molar-refractivity contribution in [2.75, 3.05) is 6.54 Å². The first-order chi connectivity index (χ1) is 19.7. The molecule has 40 heavy (non-hydrogen) atoms. The number of para-hydroxylation sites is 1.